The normalized spacial score (nSPS) is 24.9. The Balaban J connectivity index is 1.36. The Kier molecular flexibility index (Phi) is 5.50. The zero-order chi connectivity index (χ0) is 18.6. The van der Waals surface area contributed by atoms with E-state index in [1.54, 1.807) is 0 Å². The van der Waals surface area contributed by atoms with Crippen molar-refractivity contribution >= 4 is 5.97 Å². The number of piperidine rings is 1. The average Bonchev–Trinajstić information content (AvgIpc) is 3.16. The molecular formula is C22H27N3O2. The maximum atomic E-state index is 11.8. The first-order valence-electron chi connectivity index (χ1n) is 9.85. The Morgan fingerprint density at radius 1 is 1.04 bits per heavy atom. The van der Waals surface area contributed by atoms with Crippen molar-refractivity contribution < 1.29 is 9.90 Å². The van der Waals surface area contributed by atoms with Gasteiger partial charge in [-0.05, 0) is 30.5 Å². The van der Waals surface area contributed by atoms with Crippen LogP contribution in [-0.2, 0) is 11.3 Å². The number of carbonyl (C=O) groups is 1. The highest BCUT2D eigenvalue weighted by molar-refractivity contribution is 5.72. The van der Waals surface area contributed by atoms with Crippen LogP contribution in [-0.4, -0.2) is 58.1 Å². The second kappa shape index (κ2) is 8.19. The van der Waals surface area contributed by atoms with Gasteiger partial charge in [-0.25, -0.2) is 0 Å². The third kappa shape index (κ3) is 4.20. The number of carboxylic acids is 1. The minimum Gasteiger partial charge on any atom is -0.481 e. The van der Waals surface area contributed by atoms with Gasteiger partial charge in [0.2, 0.25) is 0 Å². The Morgan fingerprint density at radius 2 is 1.78 bits per heavy atom. The van der Waals surface area contributed by atoms with Gasteiger partial charge in [0.25, 0.3) is 0 Å². The number of nitrogens with zero attached hydrogens (tertiary/aromatic N) is 3. The number of hydrogen-bond donors (Lipinski definition) is 1. The van der Waals surface area contributed by atoms with Crippen LogP contribution in [0.3, 0.4) is 0 Å². The fraction of sp³-hybridized carbons (Fsp3) is 0.455. The smallest absolute Gasteiger partial charge is 0.308 e. The van der Waals surface area contributed by atoms with E-state index in [-0.39, 0.29) is 11.8 Å². The van der Waals surface area contributed by atoms with Gasteiger partial charge in [0.05, 0.1) is 11.6 Å². The number of aromatic nitrogens is 1. The number of pyridine rings is 1. The molecule has 2 fully saturated rings. The second-order valence-electron chi connectivity index (χ2n) is 7.74. The largest absolute Gasteiger partial charge is 0.481 e. The van der Waals surface area contributed by atoms with Crippen molar-refractivity contribution in [1.29, 1.82) is 0 Å². The van der Waals surface area contributed by atoms with Gasteiger partial charge in [0, 0.05) is 50.9 Å². The highest BCUT2D eigenvalue weighted by atomic mass is 16.4. The van der Waals surface area contributed by atoms with Crippen molar-refractivity contribution in [2.45, 2.75) is 31.3 Å². The van der Waals surface area contributed by atoms with E-state index in [9.17, 15) is 9.90 Å². The lowest BCUT2D eigenvalue weighted by Crippen LogP contribution is -2.44. The van der Waals surface area contributed by atoms with Crippen molar-refractivity contribution in [3.8, 4) is 0 Å². The van der Waals surface area contributed by atoms with Crippen LogP contribution in [0.2, 0.25) is 0 Å². The Bertz CT molecular complexity index is 745. The van der Waals surface area contributed by atoms with Crippen molar-refractivity contribution in [2.75, 3.05) is 26.2 Å². The van der Waals surface area contributed by atoms with Crippen LogP contribution in [0.1, 0.15) is 30.0 Å². The molecule has 142 valence electrons. The quantitative estimate of drug-likeness (QED) is 0.883. The highest BCUT2D eigenvalue weighted by Crippen LogP contribution is 2.35. The fourth-order valence-corrected chi connectivity index (χ4v) is 4.58. The summed E-state index contributed by atoms with van der Waals surface area (Å²) in [5.74, 6) is -0.881. The molecular weight excluding hydrogens is 338 g/mol. The Labute approximate surface area is 160 Å². The van der Waals surface area contributed by atoms with Crippen LogP contribution in [0.15, 0.2) is 54.7 Å². The zero-order valence-electron chi connectivity index (χ0n) is 15.6. The molecule has 2 aliphatic rings. The zero-order valence-corrected chi connectivity index (χ0v) is 15.6. The van der Waals surface area contributed by atoms with E-state index >= 15 is 0 Å². The standard InChI is InChI=1S/C22H27N3O2/c26-22(27)21-16-25(15-20(21)17-6-2-1-3-7-17)19-9-12-24(13-10-19)14-18-8-4-5-11-23-18/h1-8,11,19-21H,9-10,12-16H2,(H,26,27). The maximum absolute atomic E-state index is 11.8. The lowest BCUT2D eigenvalue weighted by molar-refractivity contribution is -0.141. The van der Waals surface area contributed by atoms with E-state index in [2.05, 4.69) is 33.0 Å². The summed E-state index contributed by atoms with van der Waals surface area (Å²) in [6, 6.07) is 16.7. The topological polar surface area (TPSA) is 56.7 Å². The van der Waals surface area contributed by atoms with Crippen LogP contribution < -0.4 is 0 Å². The fourth-order valence-electron chi connectivity index (χ4n) is 4.58. The summed E-state index contributed by atoms with van der Waals surface area (Å²) in [5, 5.41) is 9.73. The Hall–Kier alpha value is -2.24. The van der Waals surface area contributed by atoms with E-state index in [0.717, 1.165) is 50.3 Å². The van der Waals surface area contributed by atoms with E-state index in [1.807, 2.05) is 36.5 Å². The monoisotopic (exact) mass is 365 g/mol. The lowest BCUT2D eigenvalue weighted by Gasteiger charge is -2.36. The molecule has 1 aromatic carbocycles. The number of aliphatic carboxylic acids is 1. The molecule has 0 saturated carbocycles. The van der Waals surface area contributed by atoms with Gasteiger partial charge in [0.1, 0.15) is 0 Å². The molecule has 2 saturated heterocycles. The van der Waals surface area contributed by atoms with Crippen LogP contribution in [0, 0.1) is 5.92 Å². The maximum Gasteiger partial charge on any atom is 0.308 e. The van der Waals surface area contributed by atoms with E-state index in [0.29, 0.717) is 12.6 Å². The van der Waals surface area contributed by atoms with Gasteiger partial charge in [-0.15, -0.1) is 0 Å². The minimum atomic E-state index is -0.668. The first-order chi connectivity index (χ1) is 13.2. The first-order valence-corrected chi connectivity index (χ1v) is 9.85. The highest BCUT2D eigenvalue weighted by Gasteiger charge is 2.41. The molecule has 0 bridgehead atoms. The number of benzene rings is 1. The molecule has 1 N–H and O–H groups in total. The summed E-state index contributed by atoms with van der Waals surface area (Å²) >= 11 is 0. The molecule has 0 radical (unpaired) electrons. The number of carboxylic acid groups (broad SMARTS) is 1. The Morgan fingerprint density at radius 3 is 2.44 bits per heavy atom. The summed E-state index contributed by atoms with van der Waals surface area (Å²) in [6.07, 6.45) is 4.05. The molecule has 0 spiro atoms. The summed E-state index contributed by atoms with van der Waals surface area (Å²) in [4.78, 5) is 21.1. The molecule has 0 amide bonds. The van der Waals surface area contributed by atoms with Gasteiger partial charge >= 0.3 is 5.97 Å². The molecule has 2 atom stereocenters. The molecule has 0 aliphatic carbocycles. The van der Waals surface area contributed by atoms with Gasteiger partial charge in [0.15, 0.2) is 0 Å². The number of rotatable bonds is 5. The molecule has 2 aliphatic heterocycles. The predicted molar refractivity (Wildman–Crippen MR) is 104 cm³/mol. The van der Waals surface area contributed by atoms with Crippen LogP contribution in [0.4, 0.5) is 0 Å². The molecule has 1 aromatic heterocycles. The SMILES string of the molecule is O=C(O)C1CN(C2CCN(Cc3ccccn3)CC2)CC1c1ccccc1. The molecule has 27 heavy (non-hydrogen) atoms. The van der Waals surface area contributed by atoms with Gasteiger partial charge in [-0.2, -0.15) is 0 Å². The molecule has 5 nitrogen and oxygen atoms in total. The van der Waals surface area contributed by atoms with Gasteiger partial charge in [-0.3, -0.25) is 19.6 Å². The minimum absolute atomic E-state index is 0.0928. The van der Waals surface area contributed by atoms with Crippen molar-refractivity contribution in [3.05, 3.63) is 66.0 Å². The second-order valence-corrected chi connectivity index (χ2v) is 7.74. The third-order valence-corrected chi connectivity index (χ3v) is 6.08. The molecule has 3 heterocycles. The van der Waals surface area contributed by atoms with Crippen molar-refractivity contribution in [3.63, 3.8) is 0 Å². The van der Waals surface area contributed by atoms with Gasteiger partial charge < -0.3 is 5.11 Å². The number of likely N-dealkylation sites (tertiary alicyclic amines) is 2. The van der Waals surface area contributed by atoms with E-state index in [4.69, 9.17) is 0 Å². The average molecular weight is 365 g/mol. The molecule has 2 aromatic rings. The number of hydrogen-bond acceptors (Lipinski definition) is 4. The van der Waals surface area contributed by atoms with E-state index < -0.39 is 5.97 Å². The summed E-state index contributed by atoms with van der Waals surface area (Å²) in [5.41, 5.74) is 2.27. The predicted octanol–water partition coefficient (Wildman–Crippen LogP) is 2.85. The van der Waals surface area contributed by atoms with Crippen LogP contribution in [0.5, 0.6) is 0 Å². The van der Waals surface area contributed by atoms with Crippen molar-refractivity contribution in [1.82, 2.24) is 14.8 Å². The van der Waals surface area contributed by atoms with Crippen LogP contribution in [0.25, 0.3) is 0 Å². The molecule has 5 heteroatoms. The first kappa shape index (κ1) is 18.1. The van der Waals surface area contributed by atoms with E-state index in [1.165, 1.54) is 0 Å². The van der Waals surface area contributed by atoms with Gasteiger partial charge in [-0.1, -0.05) is 36.4 Å². The molecule has 4 rings (SSSR count). The lowest BCUT2D eigenvalue weighted by atomic mass is 9.89. The third-order valence-electron chi connectivity index (χ3n) is 6.08. The van der Waals surface area contributed by atoms with Crippen molar-refractivity contribution in [2.24, 2.45) is 5.92 Å². The summed E-state index contributed by atoms with van der Waals surface area (Å²) in [6.45, 7) is 4.51. The summed E-state index contributed by atoms with van der Waals surface area (Å²) < 4.78 is 0. The van der Waals surface area contributed by atoms with Crippen LogP contribution >= 0.6 is 0 Å². The molecule has 2 unspecified atom stereocenters. The summed E-state index contributed by atoms with van der Waals surface area (Å²) in [7, 11) is 0.